The summed E-state index contributed by atoms with van der Waals surface area (Å²) in [5, 5.41) is 0. The number of hydrogen-bond acceptors (Lipinski definition) is 6. The van der Waals surface area contributed by atoms with E-state index in [1.54, 1.807) is 6.07 Å². The van der Waals surface area contributed by atoms with E-state index in [0.29, 0.717) is 18.8 Å². The normalized spacial score (nSPS) is 21.6. The number of rotatable bonds is 5. The van der Waals surface area contributed by atoms with Gasteiger partial charge in [0.2, 0.25) is 10.0 Å². The zero-order chi connectivity index (χ0) is 15.5. The molecule has 0 amide bonds. The minimum atomic E-state index is -3.52. The van der Waals surface area contributed by atoms with Crippen molar-refractivity contribution >= 4 is 10.0 Å². The number of piperazine rings is 1. The monoisotopic (exact) mass is 313 g/mol. The Morgan fingerprint density at radius 1 is 1.38 bits per heavy atom. The first-order valence-corrected chi connectivity index (χ1v) is 8.44. The zero-order valence-corrected chi connectivity index (χ0v) is 13.3. The second-order valence-electron chi connectivity index (χ2n) is 5.44. The van der Waals surface area contributed by atoms with Crippen molar-refractivity contribution < 1.29 is 8.42 Å². The van der Waals surface area contributed by atoms with Crippen molar-refractivity contribution in [1.82, 2.24) is 19.5 Å². The van der Waals surface area contributed by atoms with Gasteiger partial charge in [-0.25, -0.2) is 13.1 Å². The van der Waals surface area contributed by atoms with E-state index in [9.17, 15) is 8.42 Å². The van der Waals surface area contributed by atoms with Crippen molar-refractivity contribution in [3.8, 4) is 0 Å². The molecule has 3 N–H and O–H groups in total. The fourth-order valence-electron chi connectivity index (χ4n) is 2.30. The predicted molar refractivity (Wildman–Crippen MR) is 81.2 cm³/mol. The van der Waals surface area contributed by atoms with E-state index >= 15 is 0 Å². The molecule has 1 atom stereocenters. The van der Waals surface area contributed by atoms with Crippen molar-refractivity contribution in [2.45, 2.75) is 17.5 Å². The molecule has 0 aliphatic carbocycles. The lowest BCUT2D eigenvalue weighted by Gasteiger charge is -2.37. The van der Waals surface area contributed by atoms with Gasteiger partial charge in [0.25, 0.3) is 0 Å². The highest BCUT2D eigenvalue weighted by Crippen LogP contribution is 2.10. The van der Waals surface area contributed by atoms with Crippen molar-refractivity contribution in [2.75, 3.05) is 40.3 Å². The topological polar surface area (TPSA) is 91.6 Å². The van der Waals surface area contributed by atoms with Crippen LogP contribution in [0.2, 0.25) is 0 Å². The standard InChI is InChI=1S/C13H23N5O2S/c1-17-5-6-18(2)12(10-17)8-16-21(19,20)13-4-3-11(7-14)15-9-13/h3-4,9,12,16H,5-8,10,14H2,1-2H3. The van der Waals surface area contributed by atoms with Gasteiger partial charge in [-0.05, 0) is 26.2 Å². The quantitative estimate of drug-likeness (QED) is 0.729. The van der Waals surface area contributed by atoms with Crippen molar-refractivity contribution in [2.24, 2.45) is 5.73 Å². The predicted octanol–water partition coefficient (Wildman–Crippen LogP) is -0.936. The maximum absolute atomic E-state index is 12.2. The van der Waals surface area contributed by atoms with Crippen molar-refractivity contribution in [3.63, 3.8) is 0 Å². The third-order valence-electron chi connectivity index (χ3n) is 3.81. The third-order valence-corrected chi connectivity index (χ3v) is 5.22. The SMILES string of the molecule is CN1CCN(C)C(CNS(=O)(=O)c2ccc(CN)nc2)C1. The summed E-state index contributed by atoms with van der Waals surface area (Å²) in [6, 6.07) is 3.35. The molecule has 0 radical (unpaired) electrons. The van der Waals surface area contributed by atoms with Gasteiger partial charge in [0.05, 0.1) is 5.69 Å². The number of aromatic nitrogens is 1. The molecule has 118 valence electrons. The molecule has 7 nitrogen and oxygen atoms in total. The Bertz CT molecular complexity index is 560. The Balaban J connectivity index is 2.00. The number of hydrogen-bond donors (Lipinski definition) is 2. The summed E-state index contributed by atoms with van der Waals surface area (Å²) in [6.45, 7) is 3.48. The summed E-state index contributed by atoms with van der Waals surface area (Å²) in [7, 11) is 0.539. The summed E-state index contributed by atoms with van der Waals surface area (Å²) < 4.78 is 27.2. The van der Waals surface area contributed by atoms with Gasteiger partial charge in [-0.3, -0.25) is 9.88 Å². The summed E-state index contributed by atoms with van der Waals surface area (Å²) >= 11 is 0. The number of nitrogens with two attached hydrogens (primary N) is 1. The highest BCUT2D eigenvalue weighted by molar-refractivity contribution is 7.89. The molecule has 1 aromatic rings. The largest absolute Gasteiger partial charge is 0.325 e. The third kappa shape index (κ3) is 4.21. The van der Waals surface area contributed by atoms with E-state index in [1.165, 1.54) is 12.3 Å². The Hall–Kier alpha value is -1.06. The number of likely N-dealkylation sites (N-methyl/N-ethyl adjacent to an activating group) is 2. The van der Waals surface area contributed by atoms with Gasteiger partial charge < -0.3 is 10.6 Å². The van der Waals surface area contributed by atoms with Crippen LogP contribution in [0.25, 0.3) is 0 Å². The average molecular weight is 313 g/mol. The lowest BCUT2D eigenvalue weighted by atomic mass is 10.2. The zero-order valence-electron chi connectivity index (χ0n) is 12.5. The van der Waals surface area contributed by atoms with Gasteiger partial charge in [0.1, 0.15) is 4.90 Å². The summed E-state index contributed by atoms with van der Waals surface area (Å²) in [5.41, 5.74) is 6.12. The van der Waals surface area contributed by atoms with E-state index < -0.39 is 10.0 Å². The molecule has 1 aliphatic heterocycles. The lowest BCUT2D eigenvalue weighted by Crippen LogP contribution is -2.54. The minimum absolute atomic E-state index is 0.173. The molecule has 0 saturated carbocycles. The molecule has 0 aromatic carbocycles. The average Bonchev–Trinajstić information content (AvgIpc) is 2.48. The first kappa shape index (κ1) is 16.3. The number of nitrogens with zero attached hydrogens (tertiary/aromatic N) is 3. The molecule has 0 spiro atoms. The number of sulfonamides is 1. The fourth-order valence-corrected chi connectivity index (χ4v) is 3.32. The second-order valence-corrected chi connectivity index (χ2v) is 7.20. The van der Waals surface area contributed by atoms with Crippen LogP contribution < -0.4 is 10.5 Å². The van der Waals surface area contributed by atoms with Crippen LogP contribution in [0.4, 0.5) is 0 Å². The molecule has 21 heavy (non-hydrogen) atoms. The Morgan fingerprint density at radius 3 is 2.76 bits per heavy atom. The summed E-state index contributed by atoms with van der Waals surface area (Å²) in [5.74, 6) is 0. The van der Waals surface area contributed by atoms with Gasteiger partial charge in [-0.15, -0.1) is 0 Å². The highest BCUT2D eigenvalue weighted by Gasteiger charge is 2.24. The fraction of sp³-hybridized carbons (Fsp3) is 0.615. The van der Waals surface area contributed by atoms with Crippen LogP contribution in [-0.4, -0.2) is 69.5 Å². The van der Waals surface area contributed by atoms with Gasteiger partial charge >= 0.3 is 0 Å². The van der Waals surface area contributed by atoms with E-state index in [4.69, 9.17) is 5.73 Å². The van der Waals surface area contributed by atoms with Gasteiger partial charge in [0, 0.05) is 45.0 Å². The smallest absolute Gasteiger partial charge is 0.242 e. The number of pyridine rings is 1. The Morgan fingerprint density at radius 2 is 2.14 bits per heavy atom. The first-order valence-electron chi connectivity index (χ1n) is 6.96. The first-order chi connectivity index (χ1) is 9.92. The van der Waals surface area contributed by atoms with Crippen LogP contribution in [0, 0.1) is 0 Å². The van der Waals surface area contributed by atoms with E-state index in [1.807, 2.05) is 14.1 Å². The molecular formula is C13H23N5O2S. The van der Waals surface area contributed by atoms with Gasteiger partial charge in [-0.1, -0.05) is 0 Å². The molecule has 2 rings (SSSR count). The molecule has 1 saturated heterocycles. The molecule has 1 fully saturated rings. The van der Waals surface area contributed by atoms with E-state index in [-0.39, 0.29) is 10.9 Å². The maximum atomic E-state index is 12.2. The van der Waals surface area contributed by atoms with Crippen molar-refractivity contribution in [3.05, 3.63) is 24.0 Å². The molecule has 1 unspecified atom stereocenters. The van der Waals surface area contributed by atoms with Crippen LogP contribution in [0.3, 0.4) is 0 Å². The highest BCUT2D eigenvalue weighted by atomic mass is 32.2. The van der Waals surface area contributed by atoms with E-state index in [0.717, 1.165) is 19.6 Å². The molecule has 1 aromatic heterocycles. The Kier molecular flexibility index (Phi) is 5.28. The number of nitrogens with one attached hydrogen (secondary N) is 1. The Labute approximate surface area is 126 Å². The van der Waals surface area contributed by atoms with Crippen molar-refractivity contribution in [1.29, 1.82) is 0 Å². The van der Waals surface area contributed by atoms with Crippen LogP contribution in [0.1, 0.15) is 5.69 Å². The lowest BCUT2D eigenvalue weighted by molar-refractivity contribution is 0.117. The van der Waals surface area contributed by atoms with Crippen LogP contribution in [-0.2, 0) is 16.6 Å². The molecule has 0 bridgehead atoms. The molecule has 1 aliphatic rings. The van der Waals surface area contributed by atoms with Crippen LogP contribution in [0.15, 0.2) is 23.2 Å². The van der Waals surface area contributed by atoms with Crippen LogP contribution in [0.5, 0.6) is 0 Å². The summed E-state index contributed by atoms with van der Waals surface area (Å²) in [4.78, 5) is 8.58. The summed E-state index contributed by atoms with van der Waals surface area (Å²) in [6.07, 6.45) is 1.35. The molecule has 2 heterocycles. The van der Waals surface area contributed by atoms with Gasteiger partial charge in [-0.2, -0.15) is 0 Å². The minimum Gasteiger partial charge on any atom is -0.325 e. The van der Waals surface area contributed by atoms with Gasteiger partial charge in [0.15, 0.2) is 0 Å². The second kappa shape index (κ2) is 6.80. The van der Waals surface area contributed by atoms with E-state index in [2.05, 4.69) is 19.5 Å². The maximum Gasteiger partial charge on any atom is 0.242 e. The van der Waals surface area contributed by atoms with Crippen LogP contribution >= 0.6 is 0 Å². The molecular weight excluding hydrogens is 290 g/mol. The molecule has 8 heteroatoms.